The van der Waals surface area contributed by atoms with E-state index in [4.69, 9.17) is 18.5 Å². The number of phosphoric ester groups is 1. The van der Waals surface area contributed by atoms with Crippen molar-refractivity contribution in [2.45, 2.75) is 200 Å². The highest BCUT2D eigenvalue weighted by Gasteiger charge is 2.27. The summed E-state index contributed by atoms with van der Waals surface area (Å²) in [6.07, 6.45) is 47.2. The molecule has 0 aromatic carbocycles. The summed E-state index contributed by atoms with van der Waals surface area (Å²) < 4.78 is 34.3. The molecule has 1 unspecified atom stereocenters. The molecule has 0 spiro atoms. The van der Waals surface area contributed by atoms with Crippen molar-refractivity contribution >= 4 is 19.8 Å². The Labute approximate surface area is 356 Å². The summed E-state index contributed by atoms with van der Waals surface area (Å²) in [6.45, 7) is 4.35. The lowest BCUT2D eigenvalue weighted by Gasteiger charge is -2.24. The van der Waals surface area contributed by atoms with Gasteiger partial charge in [0.15, 0.2) is 6.10 Å². The van der Waals surface area contributed by atoms with Crippen molar-refractivity contribution in [1.82, 2.24) is 0 Å². The van der Waals surface area contributed by atoms with Gasteiger partial charge in [-0.05, 0) is 77.0 Å². The first kappa shape index (κ1) is 56.0. The number of carbonyl (C=O) groups is 2. The van der Waals surface area contributed by atoms with Gasteiger partial charge >= 0.3 is 19.8 Å². The van der Waals surface area contributed by atoms with E-state index in [1.54, 1.807) is 0 Å². The van der Waals surface area contributed by atoms with Crippen molar-refractivity contribution in [3.8, 4) is 0 Å². The first-order chi connectivity index (χ1) is 28.0. The number of rotatable bonds is 42. The lowest BCUT2D eigenvalue weighted by molar-refractivity contribution is -0.870. The summed E-state index contributed by atoms with van der Waals surface area (Å²) in [5.41, 5.74) is 0. The van der Waals surface area contributed by atoms with Gasteiger partial charge in [0.2, 0.25) is 0 Å². The first-order valence-corrected chi connectivity index (χ1v) is 24.9. The van der Waals surface area contributed by atoms with Gasteiger partial charge in [0.25, 0.3) is 0 Å². The Morgan fingerprint density at radius 3 is 1.36 bits per heavy atom. The van der Waals surface area contributed by atoms with Crippen molar-refractivity contribution in [1.29, 1.82) is 0 Å². The molecule has 0 radical (unpaired) electrons. The largest absolute Gasteiger partial charge is 0.472 e. The molecule has 58 heavy (non-hydrogen) atoms. The van der Waals surface area contributed by atoms with Gasteiger partial charge in [-0.15, -0.1) is 0 Å². The van der Waals surface area contributed by atoms with Crippen LogP contribution in [0.3, 0.4) is 0 Å². The number of quaternary nitrogens is 1. The third-order valence-corrected chi connectivity index (χ3v) is 10.8. The molecule has 0 aromatic heterocycles. The maximum absolute atomic E-state index is 12.7. The summed E-state index contributed by atoms with van der Waals surface area (Å²) in [4.78, 5) is 35.4. The monoisotopic (exact) mass is 839 g/mol. The minimum Gasteiger partial charge on any atom is -0.462 e. The zero-order valence-electron chi connectivity index (χ0n) is 38.0. The van der Waals surface area contributed by atoms with Crippen molar-refractivity contribution in [2.24, 2.45) is 0 Å². The van der Waals surface area contributed by atoms with Gasteiger partial charge in [-0.1, -0.05) is 152 Å². The van der Waals surface area contributed by atoms with E-state index in [1.807, 2.05) is 21.1 Å². The molecule has 0 rings (SSSR count). The van der Waals surface area contributed by atoms with Crippen LogP contribution in [0.4, 0.5) is 0 Å². The summed E-state index contributed by atoms with van der Waals surface area (Å²) in [7, 11) is 1.46. The van der Waals surface area contributed by atoms with E-state index in [9.17, 15) is 19.0 Å². The Bertz CT molecular complexity index is 1130. The standard InChI is InChI=1S/C48H88NO8P/c1-6-8-10-12-14-16-18-20-22-23-24-25-27-29-31-33-35-37-39-41-48(51)57-46(45-56-58(52,53)55-43-42-49(3,4)5)44-54-47(50)40-38-36-34-32-30-28-26-21-19-17-15-13-11-9-7-2/h14-17,20-22,26,46H,6-13,18-19,23-25,27-45H2,1-5H3/p+1/b16-14+,17-15+,22-20+,26-21+/t46-/m1/s1. The van der Waals surface area contributed by atoms with E-state index in [1.165, 1.54) is 83.5 Å². The molecule has 0 fully saturated rings. The van der Waals surface area contributed by atoms with Crippen LogP contribution in [0.1, 0.15) is 194 Å². The van der Waals surface area contributed by atoms with Crippen LogP contribution in [0, 0.1) is 0 Å². The Balaban J connectivity index is 4.34. The lowest BCUT2D eigenvalue weighted by atomic mass is 10.1. The number of ether oxygens (including phenoxy) is 2. The van der Waals surface area contributed by atoms with Gasteiger partial charge < -0.3 is 18.9 Å². The Kier molecular flexibility index (Phi) is 39.0. The van der Waals surface area contributed by atoms with E-state index in [2.05, 4.69) is 62.5 Å². The second-order valence-electron chi connectivity index (χ2n) is 16.8. The fraction of sp³-hybridized carbons (Fsp3) is 0.792. The molecule has 338 valence electrons. The number of nitrogens with zero attached hydrogens (tertiary/aromatic N) is 1. The summed E-state index contributed by atoms with van der Waals surface area (Å²) in [5, 5.41) is 0. The van der Waals surface area contributed by atoms with Gasteiger partial charge in [0, 0.05) is 12.8 Å². The van der Waals surface area contributed by atoms with Crippen LogP contribution < -0.4 is 0 Å². The summed E-state index contributed by atoms with van der Waals surface area (Å²) >= 11 is 0. The van der Waals surface area contributed by atoms with Crippen LogP contribution in [-0.2, 0) is 32.7 Å². The van der Waals surface area contributed by atoms with Crippen molar-refractivity contribution in [3.05, 3.63) is 48.6 Å². The quantitative estimate of drug-likeness (QED) is 0.0213. The number of carbonyl (C=O) groups excluding carboxylic acids is 2. The van der Waals surface area contributed by atoms with Crippen LogP contribution in [0.5, 0.6) is 0 Å². The van der Waals surface area contributed by atoms with Gasteiger partial charge in [-0.2, -0.15) is 0 Å². The maximum atomic E-state index is 12.7. The summed E-state index contributed by atoms with van der Waals surface area (Å²) in [5.74, 6) is -0.819. The van der Waals surface area contributed by atoms with Crippen LogP contribution in [0.2, 0.25) is 0 Å². The average molecular weight is 839 g/mol. The van der Waals surface area contributed by atoms with Crippen molar-refractivity contribution < 1.29 is 42.1 Å². The second-order valence-corrected chi connectivity index (χ2v) is 18.2. The molecule has 0 aliphatic rings. The fourth-order valence-electron chi connectivity index (χ4n) is 6.13. The van der Waals surface area contributed by atoms with Gasteiger partial charge in [-0.3, -0.25) is 18.6 Å². The van der Waals surface area contributed by atoms with E-state index >= 15 is 0 Å². The van der Waals surface area contributed by atoms with Crippen molar-refractivity contribution in [3.63, 3.8) is 0 Å². The van der Waals surface area contributed by atoms with E-state index in [0.717, 1.165) is 77.0 Å². The maximum Gasteiger partial charge on any atom is 0.472 e. The smallest absolute Gasteiger partial charge is 0.462 e. The number of phosphoric acid groups is 1. The zero-order valence-corrected chi connectivity index (χ0v) is 38.9. The highest BCUT2D eigenvalue weighted by molar-refractivity contribution is 7.47. The molecular weight excluding hydrogens is 750 g/mol. The van der Waals surface area contributed by atoms with Crippen LogP contribution in [-0.4, -0.2) is 74.9 Å². The summed E-state index contributed by atoms with van der Waals surface area (Å²) in [6, 6.07) is 0. The number of hydrogen-bond donors (Lipinski definition) is 1. The Morgan fingerprint density at radius 2 is 0.931 bits per heavy atom. The molecule has 0 amide bonds. The zero-order chi connectivity index (χ0) is 42.8. The molecule has 2 atom stereocenters. The van der Waals surface area contributed by atoms with E-state index in [0.29, 0.717) is 17.4 Å². The third-order valence-electron chi connectivity index (χ3n) is 9.83. The molecule has 10 heteroatoms. The molecule has 9 nitrogen and oxygen atoms in total. The molecule has 0 saturated heterocycles. The van der Waals surface area contributed by atoms with Gasteiger partial charge in [0.05, 0.1) is 27.7 Å². The minimum atomic E-state index is -4.38. The molecule has 0 aliphatic heterocycles. The molecule has 0 saturated carbocycles. The van der Waals surface area contributed by atoms with Gasteiger partial charge in [0.1, 0.15) is 19.8 Å². The van der Waals surface area contributed by atoms with E-state index < -0.39 is 26.5 Å². The average Bonchev–Trinajstić information content (AvgIpc) is 3.17. The predicted molar refractivity (Wildman–Crippen MR) is 243 cm³/mol. The normalized spacial score (nSPS) is 14.0. The van der Waals surface area contributed by atoms with Crippen LogP contribution >= 0.6 is 7.82 Å². The number of likely N-dealkylation sites (N-methyl/N-ethyl adjacent to an activating group) is 1. The predicted octanol–water partition coefficient (Wildman–Crippen LogP) is 13.5. The Hall–Kier alpha value is -2.03. The first-order valence-electron chi connectivity index (χ1n) is 23.4. The molecule has 1 N–H and O–H groups in total. The molecule has 0 heterocycles. The number of allylic oxidation sites excluding steroid dienone is 8. The third kappa shape index (κ3) is 43.5. The topological polar surface area (TPSA) is 108 Å². The van der Waals surface area contributed by atoms with Crippen LogP contribution in [0.25, 0.3) is 0 Å². The Morgan fingerprint density at radius 1 is 0.534 bits per heavy atom. The lowest BCUT2D eigenvalue weighted by Crippen LogP contribution is -2.37. The molecule has 0 bridgehead atoms. The van der Waals surface area contributed by atoms with Crippen molar-refractivity contribution in [2.75, 3.05) is 47.5 Å². The minimum absolute atomic E-state index is 0.0272. The molecule has 0 aliphatic carbocycles. The van der Waals surface area contributed by atoms with Crippen LogP contribution in [0.15, 0.2) is 48.6 Å². The number of esters is 2. The molecule has 0 aromatic rings. The number of hydrogen-bond acceptors (Lipinski definition) is 7. The highest BCUT2D eigenvalue weighted by atomic mass is 31.2. The SMILES string of the molecule is CCCCC/C=C/C/C=C/CCCCCCCCCCCC(=O)O[C@H](COC(=O)CCCCCCC/C=C/C/C=C/CCCCC)COP(=O)(O)OCC[N+](C)(C)C. The second kappa shape index (κ2) is 40.4. The van der Waals surface area contributed by atoms with Gasteiger partial charge in [-0.25, -0.2) is 4.57 Å². The fourth-order valence-corrected chi connectivity index (χ4v) is 6.87. The van der Waals surface area contributed by atoms with E-state index in [-0.39, 0.29) is 32.0 Å². The number of unbranched alkanes of at least 4 members (excludes halogenated alkanes) is 20. The highest BCUT2D eigenvalue weighted by Crippen LogP contribution is 2.43. The molecular formula is C48H89NO8P+.